The SMILES string of the molecule is C=C[C@@](F)([C@@H](O)c1ccc([N+](=O)[O-])cc1)C(F)(F)F. The zero-order valence-electron chi connectivity index (χ0n) is 9.39. The molecule has 0 saturated heterocycles. The van der Waals surface area contributed by atoms with Crippen LogP contribution in [-0.4, -0.2) is 21.9 Å². The molecule has 0 aromatic heterocycles. The molecule has 19 heavy (non-hydrogen) atoms. The second kappa shape index (κ2) is 4.96. The number of nitro benzene ring substituents is 1. The van der Waals surface area contributed by atoms with E-state index in [0.29, 0.717) is 0 Å². The minimum atomic E-state index is -5.35. The zero-order valence-corrected chi connectivity index (χ0v) is 9.39. The van der Waals surface area contributed by atoms with E-state index in [1.54, 1.807) is 0 Å². The van der Waals surface area contributed by atoms with E-state index in [1.165, 1.54) is 0 Å². The summed E-state index contributed by atoms with van der Waals surface area (Å²) in [6.45, 7) is 2.73. The Morgan fingerprint density at radius 2 is 1.74 bits per heavy atom. The van der Waals surface area contributed by atoms with Crippen LogP contribution in [0.2, 0.25) is 0 Å². The predicted molar refractivity (Wildman–Crippen MR) is 58.1 cm³/mol. The first-order valence-electron chi connectivity index (χ1n) is 4.95. The van der Waals surface area contributed by atoms with Crippen molar-refractivity contribution in [2.24, 2.45) is 0 Å². The van der Waals surface area contributed by atoms with Gasteiger partial charge in [0.05, 0.1) is 4.92 Å². The van der Waals surface area contributed by atoms with Crippen LogP contribution >= 0.6 is 0 Å². The van der Waals surface area contributed by atoms with Crippen molar-refractivity contribution in [3.8, 4) is 0 Å². The Kier molecular flexibility index (Phi) is 3.94. The monoisotopic (exact) mass is 279 g/mol. The Hall–Kier alpha value is -1.96. The standard InChI is InChI=1S/C11H9F4NO3/c1-2-10(12,11(13,14)15)9(17)7-3-5-8(6-4-7)16(18)19/h2-6,9,17H,1H2/t9-,10+/m0/s1. The van der Waals surface area contributed by atoms with Gasteiger partial charge in [-0.15, -0.1) is 0 Å². The molecule has 1 aromatic carbocycles. The van der Waals surface area contributed by atoms with Crippen molar-refractivity contribution < 1.29 is 27.6 Å². The quantitative estimate of drug-likeness (QED) is 0.398. The topological polar surface area (TPSA) is 63.4 Å². The van der Waals surface area contributed by atoms with Crippen molar-refractivity contribution in [1.82, 2.24) is 0 Å². The summed E-state index contributed by atoms with van der Waals surface area (Å²) < 4.78 is 51.3. The van der Waals surface area contributed by atoms with E-state index >= 15 is 0 Å². The lowest BCUT2D eigenvalue weighted by Gasteiger charge is -2.29. The number of nitrogens with zero attached hydrogens (tertiary/aromatic N) is 1. The Labute approximate surface area is 105 Å². The molecule has 0 spiro atoms. The fraction of sp³-hybridized carbons (Fsp3) is 0.273. The maximum absolute atomic E-state index is 13.7. The molecule has 1 rings (SSSR count). The molecule has 8 heteroatoms. The fourth-order valence-corrected chi connectivity index (χ4v) is 1.40. The molecule has 0 saturated carbocycles. The van der Waals surface area contributed by atoms with Crippen LogP contribution in [-0.2, 0) is 0 Å². The van der Waals surface area contributed by atoms with E-state index in [0.717, 1.165) is 24.3 Å². The molecule has 0 aliphatic heterocycles. The van der Waals surface area contributed by atoms with Crippen LogP contribution in [0.5, 0.6) is 0 Å². The van der Waals surface area contributed by atoms with Crippen molar-refractivity contribution in [2.45, 2.75) is 17.9 Å². The number of benzene rings is 1. The maximum Gasteiger partial charge on any atom is 0.429 e. The normalized spacial score (nSPS) is 16.5. The van der Waals surface area contributed by atoms with Crippen molar-refractivity contribution >= 4 is 5.69 Å². The lowest BCUT2D eigenvalue weighted by atomic mass is 9.92. The first-order chi connectivity index (χ1) is 8.63. The van der Waals surface area contributed by atoms with Crippen molar-refractivity contribution in [1.29, 1.82) is 0 Å². The molecular formula is C11H9F4NO3. The number of rotatable bonds is 4. The highest BCUT2D eigenvalue weighted by atomic mass is 19.4. The molecule has 0 aliphatic rings. The Bertz CT molecular complexity index is 486. The van der Waals surface area contributed by atoms with Gasteiger partial charge in [0.25, 0.3) is 11.4 Å². The highest BCUT2D eigenvalue weighted by Gasteiger charge is 2.59. The molecule has 0 heterocycles. The summed E-state index contributed by atoms with van der Waals surface area (Å²) in [5.41, 5.74) is -4.85. The van der Waals surface area contributed by atoms with Crippen LogP contribution in [0.3, 0.4) is 0 Å². The number of nitro groups is 1. The number of hydrogen-bond acceptors (Lipinski definition) is 3. The lowest BCUT2D eigenvalue weighted by Crippen LogP contribution is -2.44. The van der Waals surface area contributed by atoms with Crippen LogP contribution in [0.1, 0.15) is 11.7 Å². The van der Waals surface area contributed by atoms with Crippen LogP contribution in [0.4, 0.5) is 23.2 Å². The van der Waals surface area contributed by atoms with Gasteiger partial charge in [0.15, 0.2) is 0 Å². The molecule has 4 nitrogen and oxygen atoms in total. The summed E-state index contributed by atoms with van der Waals surface area (Å²) in [5, 5.41) is 19.8. The molecule has 0 bridgehead atoms. The third-order valence-electron chi connectivity index (χ3n) is 2.55. The van der Waals surface area contributed by atoms with Gasteiger partial charge in [-0.1, -0.05) is 6.58 Å². The number of alkyl halides is 4. The second-order valence-electron chi connectivity index (χ2n) is 3.72. The van der Waals surface area contributed by atoms with Gasteiger partial charge in [-0.2, -0.15) is 13.2 Å². The van der Waals surface area contributed by atoms with Crippen LogP contribution in [0.15, 0.2) is 36.9 Å². The first kappa shape index (κ1) is 15.1. The molecule has 1 N–H and O–H groups in total. The molecule has 2 atom stereocenters. The summed E-state index contributed by atoms with van der Waals surface area (Å²) >= 11 is 0. The van der Waals surface area contributed by atoms with Crippen LogP contribution < -0.4 is 0 Å². The third kappa shape index (κ3) is 2.73. The van der Waals surface area contributed by atoms with Gasteiger partial charge in [0, 0.05) is 12.1 Å². The average molecular weight is 279 g/mol. The minimum absolute atomic E-state index is 0.0426. The van der Waals surface area contributed by atoms with Crippen LogP contribution in [0, 0.1) is 10.1 Å². The van der Waals surface area contributed by atoms with Gasteiger partial charge in [-0.3, -0.25) is 10.1 Å². The van der Waals surface area contributed by atoms with Crippen molar-refractivity contribution in [2.75, 3.05) is 0 Å². The predicted octanol–water partition coefficient (Wildman–Crippen LogP) is 3.08. The summed E-state index contributed by atoms with van der Waals surface area (Å²) in [6, 6.07) is 3.45. The molecule has 0 unspecified atom stereocenters. The Morgan fingerprint density at radius 1 is 1.26 bits per heavy atom. The molecule has 0 radical (unpaired) electrons. The van der Waals surface area contributed by atoms with E-state index in [-0.39, 0.29) is 11.8 Å². The third-order valence-corrected chi connectivity index (χ3v) is 2.55. The fourth-order valence-electron chi connectivity index (χ4n) is 1.40. The zero-order chi connectivity index (χ0) is 14.8. The van der Waals surface area contributed by atoms with E-state index in [4.69, 9.17) is 0 Å². The largest absolute Gasteiger partial charge is 0.429 e. The Balaban J connectivity index is 3.15. The lowest BCUT2D eigenvalue weighted by molar-refractivity contribution is -0.384. The average Bonchev–Trinajstić information content (AvgIpc) is 2.35. The summed E-state index contributed by atoms with van der Waals surface area (Å²) in [5.74, 6) is 0. The van der Waals surface area contributed by atoms with Crippen molar-refractivity contribution in [3.05, 3.63) is 52.6 Å². The summed E-state index contributed by atoms with van der Waals surface area (Å²) in [4.78, 5) is 9.60. The number of halogens is 4. The molecular weight excluding hydrogens is 270 g/mol. The van der Waals surface area contributed by atoms with Gasteiger partial charge < -0.3 is 5.11 Å². The van der Waals surface area contributed by atoms with Gasteiger partial charge >= 0.3 is 6.18 Å². The van der Waals surface area contributed by atoms with E-state index in [2.05, 4.69) is 6.58 Å². The molecule has 104 valence electrons. The van der Waals surface area contributed by atoms with Gasteiger partial charge in [0.1, 0.15) is 6.10 Å². The number of non-ortho nitro benzene ring substituents is 1. The minimum Gasteiger partial charge on any atom is -0.384 e. The molecule has 0 fully saturated rings. The number of hydrogen-bond donors (Lipinski definition) is 1. The Morgan fingerprint density at radius 3 is 2.05 bits per heavy atom. The van der Waals surface area contributed by atoms with E-state index in [1.807, 2.05) is 0 Å². The van der Waals surface area contributed by atoms with E-state index < -0.39 is 28.4 Å². The van der Waals surface area contributed by atoms with Crippen molar-refractivity contribution in [3.63, 3.8) is 0 Å². The van der Waals surface area contributed by atoms with Gasteiger partial charge in [-0.05, 0) is 23.8 Å². The van der Waals surface area contributed by atoms with E-state index in [9.17, 15) is 32.8 Å². The molecule has 0 aliphatic carbocycles. The summed E-state index contributed by atoms with van der Waals surface area (Å²) in [6.07, 6.45) is -7.94. The summed E-state index contributed by atoms with van der Waals surface area (Å²) in [7, 11) is 0. The van der Waals surface area contributed by atoms with Gasteiger partial charge in [0.2, 0.25) is 0 Å². The smallest absolute Gasteiger partial charge is 0.384 e. The molecule has 1 aromatic rings. The first-order valence-corrected chi connectivity index (χ1v) is 4.95. The number of aliphatic hydroxyl groups is 1. The number of aliphatic hydroxyl groups excluding tert-OH is 1. The van der Waals surface area contributed by atoms with Crippen LogP contribution in [0.25, 0.3) is 0 Å². The highest BCUT2D eigenvalue weighted by molar-refractivity contribution is 5.35. The van der Waals surface area contributed by atoms with Gasteiger partial charge in [-0.25, -0.2) is 4.39 Å². The maximum atomic E-state index is 13.7. The second-order valence-corrected chi connectivity index (χ2v) is 3.72. The highest BCUT2D eigenvalue weighted by Crippen LogP contribution is 2.44. The molecule has 0 amide bonds.